The molecule has 0 amide bonds. The SMILES string of the molecule is C=C1Oc2ccc(C)cc2C(=O)C1C. The molecule has 0 fully saturated rings. The van der Waals surface area contributed by atoms with E-state index in [-0.39, 0.29) is 11.7 Å². The zero-order chi connectivity index (χ0) is 10.3. The highest BCUT2D eigenvalue weighted by Gasteiger charge is 2.28. The van der Waals surface area contributed by atoms with E-state index in [0.717, 1.165) is 5.56 Å². The van der Waals surface area contributed by atoms with Crippen molar-refractivity contribution in [3.8, 4) is 5.75 Å². The summed E-state index contributed by atoms with van der Waals surface area (Å²) in [5, 5.41) is 0. The number of carbonyl (C=O) groups is 1. The molecule has 0 aliphatic carbocycles. The minimum Gasteiger partial charge on any atom is -0.461 e. The summed E-state index contributed by atoms with van der Waals surface area (Å²) in [4.78, 5) is 11.8. The summed E-state index contributed by atoms with van der Waals surface area (Å²) in [5.41, 5.74) is 1.74. The summed E-state index contributed by atoms with van der Waals surface area (Å²) < 4.78 is 5.45. The Morgan fingerprint density at radius 2 is 2.14 bits per heavy atom. The number of allylic oxidation sites excluding steroid dienone is 1. The molecule has 1 aromatic rings. The predicted octanol–water partition coefficient (Wildman–Crippen LogP) is 2.72. The first-order chi connectivity index (χ1) is 6.59. The molecule has 0 bridgehead atoms. The monoisotopic (exact) mass is 188 g/mol. The van der Waals surface area contributed by atoms with Gasteiger partial charge in [0, 0.05) is 0 Å². The van der Waals surface area contributed by atoms with Gasteiger partial charge in [-0.2, -0.15) is 0 Å². The van der Waals surface area contributed by atoms with Gasteiger partial charge in [0.1, 0.15) is 11.5 Å². The molecule has 1 aromatic carbocycles. The van der Waals surface area contributed by atoms with Gasteiger partial charge >= 0.3 is 0 Å². The second-order valence-electron chi connectivity index (χ2n) is 3.65. The minimum absolute atomic E-state index is 0.0972. The molecule has 1 aliphatic rings. The predicted molar refractivity (Wildman–Crippen MR) is 54.4 cm³/mol. The number of hydrogen-bond acceptors (Lipinski definition) is 2. The fourth-order valence-electron chi connectivity index (χ4n) is 1.53. The van der Waals surface area contributed by atoms with Crippen molar-refractivity contribution in [1.29, 1.82) is 0 Å². The van der Waals surface area contributed by atoms with Crippen molar-refractivity contribution in [2.75, 3.05) is 0 Å². The molecule has 2 nitrogen and oxygen atoms in total. The van der Waals surface area contributed by atoms with Crippen LogP contribution in [0.2, 0.25) is 0 Å². The third-order valence-corrected chi connectivity index (χ3v) is 2.52. The Kier molecular flexibility index (Phi) is 1.92. The molecule has 2 rings (SSSR count). The highest BCUT2D eigenvalue weighted by atomic mass is 16.5. The van der Waals surface area contributed by atoms with E-state index in [2.05, 4.69) is 6.58 Å². The largest absolute Gasteiger partial charge is 0.461 e. The molecule has 0 spiro atoms. The number of carbonyl (C=O) groups excluding carboxylic acids is 1. The number of benzene rings is 1. The maximum Gasteiger partial charge on any atom is 0.176 e. The van der Waals surface area contributed by atoms with Gasteiger partial charge in [-0.1, -0.05) is 18.2 Å². The number of Topliss-reactive ketones (excluding diaryl/α,β-unsaturated/α-hetero) is 1. The van der Waals surface area contributed by atoms with Crippen LogP contribution in [-0.4, -0.2) is 5.78 Å². The molecule has 1 heterocycles. The molecule has 1 atom stereocenters. The van der Waals surface area contributed by atoms with Crippen LogP contribution in [-0.2, 0) is 0 Å². The van der Waals surface area contributed by atoms with Crippen LogP contribution in [0, 0.1) is 12.8 Å². The van der Waals surface area contributed by atoms with Crippen molar-refractivity contribution in [3.05, 3.63) is 41.7 Å². The summed E-state index contributed by atoms with van der Waals surface area (Å²) in [6.07, 6.45) is 0. The summed E-state index contributed by atoms with van der Waals surface area (Å²) in [5.74, 6) is 1.03. The normalized spacial score (nSPS) is 20.3. The van der Waals surface area contributed by atoms with Crippen LogP contribution in [0.3, 0.4) is 0 Å². The fraction of sp³-hybridized carbons (Fsp3) is 0.250. The number of ketones is 1. The van der Waals surface area contributed by atoms with Gasteiger partial charge < -0.3 is 4.74 Å². The van der Waals surface area contributed by atoms with Gasteiger partial charge in [-0.05, 0) is 26.0 Å². The number of fused-ring (bicyclic) bond motifs is 1. The lowest BCUT2D eigenvalue weighted by atomic mass is 9.93. The zero-order valence-corrected chi connectivity index (χ0v) is 8.33. The Morgan fingerprint density at radius 1 is 1.43 bits per heavy atom. The number of ether oxygens (including phenoxy) is 1. The van der Waals surface area contributed by atoms with Gasteiger partial charge in [0.05, 0.1) is 11.5 Å². The average Bonchev–Trinajstić information content (AvgIpc) is 2.16. The molecule has 0 saturated carbocycles. The molecular weight excluding hydrogens is 176 g/mol. The lowest BCUT2D eigenvalue weighted by Crippen LogP contribution is -2.22. The molecule has 0 radical (unpaired) electrons. The third-order valence-electron chi connectivity index (χ3n) is 2.52. The van der Waals surface area contributed by atoms with Crippen LogP contribution in [0.25, 0.3) is 0 Å². The summed E-state index contributed by atoms with van der Waals surface area (Å²) in [6.45, 7) is 7.50. The molecule has 72 valence electrons. The molecule has 0 aromatic heterocycles. The lowest BCUT2D eigenvalue weighted by molar-refractivity contribution is 0.0904. The van der Waals surface area contributed by atoms with Crippen LogP contribution >= 0.6 is 0 Å². The summed E-state index contributed by atoms with van der Waals surface area (Å²) in [6, 6.07) is 5.61. The standard InChI is InChI=1S/C12H12O2/c1-7-4-5-11-10(6-7)12(13)8(2)9(3)14-11/h4-6,8H,3H2,1-2H3. The maximum atomic E-state index is 11.8. The molecule has 1 unspecified atom stereocenters. The van der Waals surface area contributed by atoms with Crippen molar-refractivity contribution in [1.82, 2.24) is 0 Å². The lowest BCUT2D eigenvalue weighted by Gasteiger charge is -2.23. The Bertz CT molecular complexity index is 418. The van der Waals surface area contributed by atoms with Crippen LogP contribution in [0.1, 0.15) is 22.8 Å². The second-order valence-corrected chi connectivity index (χ2v) is 3.65. The van der Waals surface area contributed by atoms with Crippen molar-refractivity contribution in [2.24, 2.45) is 5.92 Å². The molecule has 14 heavy (non-hydrogen) atoms. The smallest absolute Gasteiger partial charge is 0.176 e. The van der Waals surface area contributed by atoms with Crippen LogP contribution in [0.5, 0.6) is 5.75 Å². The first-order valence-electron chi connectivity index (χ1n) is 4.61. The quantitative estimate of drug-likeness (QED) is 0.625. The average molecular weight is 188 g/mol. The highest BCUT2D eigenvalue weighted by Crippen LogP contribution is 2.32. The molecular formula is C12H12O2. The van der Waals surface area contributed by atoms with Crippen molar-refractivity contribution in [3.63, 3.8) is 0 Å². The first-order valence-corrected chi connectivity index (χ1v) is 4.61. The van der Waals surface area contributed by atoms with Gasteiger partial charge in [-0.25, -0.2) is 0 Å². The van der Waals surface area contributed by atoms with Crippen molar-refractivity contribution < 1.29 is 9.53 Å². The van der Waals surface area contributed by atoms with Gasteiger partial charge in [0.15, 0.2) is 5.78 Å². The zero-order valence-electron chi connectivity index (χ0n) is 8.33. The van der Waals surface area contributed by atoms with Crippen LogP contribution in [0.15, 0.2) is 30.5 Å². The Hall–Kier alpha value is -1.57. The van der Waals surface area contributed by atoms with E-state index in [0.29, 0.717) is 17.1 Å². The summed E-state index contributed by atoms with van der Waals surface area (Å²) in [7, 11) is 0. The molecule has 0 saturated heterocycles. The van der Waals surface area contributed by atoms with Gasteiger partial charge in [0.2, 0.25) is 0 Å². The number of aryl methyl sites for hydroxylation is 1. The van der Waals surface area contributed by atoms with Gasteiger partial charge in [0.25, 0.3) is 0 Å². The third kappa shape index (κ3) is 1.23. The van der Waals surface area contributed by atoms with E-state index in [1.54, 1.807) is 0 Å². The fourth-order valence-corrected chi connectivity index (χ4v) is 1.53. The number of rotatable bonds is 0. The highest BCUT2D eigenvalue weighted by molar-refractivity contribution is 6.02. The Labute approximate surface area is 83.2 Å². The van der Waals surface area contributed by atoms with Gasteiger partial charge in [-0.15, -0.1) is 0 Å². The second kappa shape index (κ2) is 2.98. The van der Waals surface area contributed by atoms with Crippen molar-refractivity contribution >= 4 is 5.78 Å². The van der Waals surface area contributed by atoms with E-state index in [1.165, 1.54) is 0 Å². The van der Waals surface area contributed by atoms with Crippen LogP contribution in [0.4, 0.5) is 0 Å². The maximum absolute atomic E-state index is 11.8. The summed E-state index contributed by atoms with van der Waals surface area (Å²) >= 11 is 0. The minimum atomic E-state index is -0.232. The van der Waals surface area contributed by atoms with E-state index in [9.17, 15) is 4.79 Å². The van der Waals surface area contributed by atoms with Gasteiger partial charge in [-0.3, -0.25) is 4.79 Å². The van der Waals surface area contributed by atoms with Crippen molar-refractivity contribution in [2.45, 2.75) is 13.8 Å². The topological polar surface area (TPSA) is 26.3 Å². The molecule has 2 heteroatoms. The Morgan fingerprint density at radius 3 is 2.86 bits per heavy atom. The van der Waals surface area contributed by atoms with E-state index < -0.39 is 0 Å². The Balaban J connectivity index is 2.57. The molecule has 1 aliphatic heterocycles. The van der Waals surface area contributed by atoms with E-state index >= 15 is 0 Å². The van der Waals surface area contributed by atoms with E-state index in [4.69, 9.17) is 4.74 Å². The number of hydrogen-bond donors (Lipinski definition) is 0. The van der Waals surface area contributed by atoms with Crippen LogP contribution < -0.4 is 4.74 Å². The van der Waals surface area contributed by atoms with E-state index in [1.807, 2.05) is 32.0 Å². The first kappa shape index (κ1) is 9.00. The molecule has 0 N–H and O–H groups in total.